The van der Waals surface area contributed by atoms with Crippen molar-refractivity contribution in [3.05, 3.63) is 118 Å². The van der Waals surface area contributed by atoms with Crippen LogP contribution < -0.4 is 10.9 Å². The Kier molecular flexibility index (Phi) is 6.28. The van der Waals surface area contributed by atoms with Crippen molar-refractivity contribution in [3.8, 4) is 45.6 Å². The average Bonchev–Trinajstić information content (AvgIpc) is 2.93. The first-order chi connectivity index (χ1) is 18.3. The van der Waals surface area contributed by atoms with Gasteiger partial charge in [-0.25, -0.2) is 0 Å². The molecule has 0 atom stereocenters. The number of para-hydroxylation sites is 1. The van der Waals surface area contributed by atoms with E-state index in [1.807, 2.05) is 48.5 Å². The fourth-order valence-electron chi connectivity index (χ4n) is 3.90. The molecule has 0 saturated heterocycles. The number of hydrogen-bond acceptors (Lipinski definition) is 8. The zero-order chi connectivity index (χ0) is 26.8. The van der Waals surface area contributed by atoms with Crippen molar-refractivity contribution in [1.82, 2.24) is 0 Å². The number of fused-ring (bicyclic) bond motifs is 2. The molecule has 0 radical (unpaired) electrons. The molecule has 0 spiro atoms. The van der Waals surface area contributed by atoms with Crippen LogP contribution in [-0.2, 0) is 0 Å². The largest absolute Gasteiger partial charge is 0.508 e. The van der Waals surface area contributed by atoms with E-state index in [2.05, 4.69) is 0 Å². The van der Waals surface area contributed by atoms with Crippen molar-refractivity contribution >= 4 is 21.9 Å². The van der Waals surface area contributed by atoms with Crippen molar-refractivity contribution in [1.29, 1.82) is 0 Å². The van der Waals surface area contributed by atoms with Crippen LogP contribution in [0.15, 0.2) is 115 Å². The van der Waals surface area contributed by atoms with Gasteiger partial charge in [0.1, 0.15) is 33.8 Å². The summed E-state index contributed by atoms with van der Waals surface area (Å²) >= 11 is 0. The first kappa shape index (κ1) is 24.2. The summed E-state index contributed by atoms with van der Waals surface area (Å²) in [5.74, 6) is -1.21. The van der Waals surface area contributed by atoms with Crippen LogP contribution in [0.5, 0.6) is 23.0 Å². The van der Waals surface area contributed by atoms with E-state index in [1.165, 1.54) is 18.2 Å². The van der Waals surface area contributed by atoms with Crippen LogP contribution >= 0.6 is 0 Å². The molecule has 2 aromatic heterocycles. The fourth-order valence-corrected chi connectivity index (χ4v) is 3.90. The molecule has 6 rings (SSSR count). The molecule has 0 aliphatic carbocycles. The molecule has 0 amide bonds. The van der Waals surface area contributed by atoms with Crippen molar-refractivity contribution in [2.45, 2.75) is 0 Å². The highest BCUT2D eigenvalue weighted by molar-refractivity contribution is 5.89. The molecular weight excluding hydrogens is 488 g/mol. The lowest BCUT2D eigenvalue weighted by Gasteiger charge is -2.07. The topological polar surface area (TPSA) is 141 Å². The number of hydrogen-bond donors (Lipinski definition) is 4. The minimum absolute atomic E-state index is 0.00861. The molecular formula is C30H20O8. The van der Waals surface area contributed by atoms with E-state index in [9.17, 15) is 30.0 Å². The molecule has 0 aliphatic heterocycles. The monoisotopic (exact) mass is 508 g/mol. The molecule has 0 fully saturated rings. The van der Waals surface area contributed by atoms with Gasteiger partial charge in [-0.15, -0.1) is 0 Å². The van der Waals surface area contributed by atoms with Gasteiger partial charge in [-0.3, -0.25) is 9.59 Å². The van der Waals surface area contributed by atoms with E-state index < -0.39 is 22.7 Å². The maximum absolute atomic E-state index is 12.1. The van der Waals surface area contributed by atoms with Gasteiger partial charge in [0, 0.05) is 29.3 Å². The molecule has 4 aromatic carbocycles. The second-order valence-electron chi connectivity index (χ2n) is 8.32. The first-order valence-corrected chi connectivity index (χ1v) is 11.4. The Hall–Kier alpha value is -5.50. The van der Waals surface area contributed by atoms with Gasteiger partial charge in [-0.05, 0) is 36.4 Å². The summed E-state index contributed by atoms with van der Waals surface area (Å²) in [6.07, 6.45) is 0. The maximum Gasteiger partial charge on any atom is 0.201 e. The van der Waals surface area contributed by atoms with E-state index in [0.29, 0.717) is 22.3 Å². The molecule has 4 N–H and O–H groups in total. The van der Waals surface area contributed by atoms with Gasteiger partial charge in [0.2, 0.25) is 5.75 Å². The van der Waals surface area contributed by atoms with Crippen LogP contribution in [0, 0.1) is 0 Å². The van der Waals surface area contributed by atoms with Crippen molar-refractivity contribution in [3.63, 3.8) is 0 Å². The summed E-state index contributed by atoms with van der Waals surface area (Å²) in [5, 5.41) is 38.3. The number of rotatable bonds is 2. The summed E-state index contributed by atoms with van der Waals surface area (Å²) in [6.45, 7) is 0. The third-order valence-corrected chi connectivity index (χ3v) is 5.79. The lowest BCUT2D eigenvalue weighted by molar-refractivity contribution is 0.370. The quantitative estimate of drug-likeness (QED) is 0.217. The average molecular weight is 508 g/mol. The van der Waals surface area contributed by atoms with Gasteiger partial charge in [0.05, 0.1) is 5.39 Å². The summed E-state index contributed by atoms with van der Waals surface area (Å²) in [4.78, 5) is 24.0. The summed E-state index contributed by atoms with van der Waals surface area (Å²) < 4.78 is 11.2. The highest BCUT2D eigenvalue weighted by Crippen LogP contribution is 2.40. The maximum atomic E-state index is 12.1. The molecule has 2 heterocycles. The van der Waals surface area contributed by atoms with E-state index in [0.717, 1.165) is 17.7 Å². The minimum Gasteiger partial charge on any atom is -0.508 e. The Morgan fingerprint density at radius 2 is 1.11 bits per heavy atom. The third kappa shape index (κ3) is 4.66. The Bertz CT molecular complexity index is 1890. The van der Waals surface area contributed by atoms with Crippen LogP contribution in [0.4, 0.5) is 0 Å². The van der Waals surface area contributed by atoms with Crippen molar-refractivity contribution in [2.75, 3.05) is 0 Å². The normalized spacial score (nSPS) is 10.7. The predicted molar refractivity (Wildman–Crippen MR) is 142 cm³/mol. The number of phenols is 4. The second kappa shape index (κ2) is 9.87. The molecule has 188 valence electrons. The van der Waals surface area contributed by atoms with Gasteiger partial charge < -0.3 is 29.3 Å². The van der Waals surface area contributed by atoms with Crippen LogP contribution in [0.1, 0.15) is 0 Å². The highest BCUT2D eigenvalue weighted by atomic mass is 16.3. The zero-order valence-corrected chi connectivity index (χ0v) is 19.7. The first-order valence-electron chi connectivity index (χ1n) is 11.4. The van der Waals surface area contributed by atoms with Gasteiger partial charge in [-0.2, -0.15) is 0 Å². The summed E-state index contributed by atoms with van der Waals surface area (Å²) in [6, 6.07) is 26.6. The van der Waals surface area contributed by atoms with Crippen LogP contribution in [-0.4, -0.2) is 20.4 Å². The van der Waals surface area contributed by atoms with Gasteiger partial charge in [0.25, 0.3) is 0 Å². The summed E-state index contributed by atoms with van der Waals surface area (Å²) in [5.41, 5.74) is 1.45. The molecule has 38 heavy (non-hydrogen) atoms. The minimum atomic E-state index is -0.771. The van der Waals surface area contributed by atoms with Crippen LogP contribution in [0.2, 0.25) is 0 Å². The highest BCUT2D eigenvalue weighted by Gasteiger charge is 2.17. The SMILES string of the molecule is O=c1cc(-c2ccc(O)cc2)oc2cc(O)c(O)c(O)c12.O=c1cc(-c2ccccc2)oc2ccccc12. The summed E-state index contributed by atoms with van der Waals surface area (Å²) in [7, 11) is 0. The van der Waals surface area contributed by atoms with Gasteiger partial charge in [-0.1, -0.05) is 42.5 Å². The number of phenolic OH excluding ortho intramolecular Hbond substituents is 4. The molecule has 8 nitrogen and oxygen atoms in total. The molecule has 0 saturated carbocycles. The second-order valence-corrected chi connectivity index (χ2v) is 8.32. The van der Waals surface area contributed by atoms with Gasteiger partial charge >= 0.3 is 0 Å². The van der Waals surface area contributed by atoms with Gasteiger partial charge in [0.15, 0.2) is 22.4 Å². The molecule has 0 aliphatic rings. The van der Waals surface area contributed by atoms with Crippen LogP contribution in [0.25, 0.3) is 44.6 Å². The van der Waals surface area contributed by atoms with Crippen molar-refractivity contribution in [2.24, 2.45) is 0 Å². The van der Waals surface area contributed by atoms with E-state index in [-0.39, 0.29) is 27.9 Å². The molecule has 6 aromatic rings. The lowest BCUT2D eigenvalue weighted by atomic mass is 10.1. The predicted octanol–water partition coefficient (Wildman–Crippen LogP) is 5.74. The molecule has 0 unspecified atom stereocenters. The zero-order valence-electron chi connectivity index (χ0n) is 19.7. The number of aromatic hydroxyl groups is 4. The molecule has 0 bridgehead atoms. The van der Waals surface area contributed by atoms with Crippen molar-refractivity contribution < 1.29 is 29.3 Å². The van der Waals surface area contributed by atoms with E-state index in [4.69, 9.17) is 8.83 Å². The van der Waals surface area contributed by atoms with E-state index >= 15 is 0 Å². The Morgan fingerprint density at radius 1 is 0.526 bits per heavy atom. The standard InChI is InChI=1S/C15H10O6.C15H10O2/c16-8-3-1-7(2-4-8)11-5-9(17)13-12(21-11)6-10(18)14(19)15(13)20;16-13-10-15(11-6-2-1-3-7-11)17-14-9-5-4-8-12(13)14/h1-6,16,18-20H;1-10H. The Balaban J connectivity index is 0.000000158. The lowest BCUT2D eigenvalue weighted by Crippen LogP contribution is -2.00. The Morgan fingerprint density at radius 3 is 1.82 bits per heavy atom. The molecule has 8 heteroatoms. The fraction of sp³-hybridized carbons (Fsp3) is 0. The van der Waals surface area contributed by atoms with E-state index in [1.54, 1.807) is 18.2 Å². The Labute approximate surface area is 214 Å². The van der Waals surface area contributed by atoms with Crippen LogP contribution in [0.3, 0.4) is 0 Å². The third-order valence-electron chi connectivity index (χ3n) is 5.79. The smallest absolute Gasteiger partial charge is 0.201 e. The number of benzene rings is 4.